The molecule has 6 nitrogen and oxygen atoms in total. The molecule has 0 aromatic carbocycles. The van der Waals surface area contributed by atoms with Crippen LogP contribution >= 0.6 is 0 Å². The van der Waals surface area contributed by atoms with E-state index in [0.29, 0.717) is 27.3 Å². The summed E-state index contributed by atoms with van der Waals surface area (Å²) in [5.74, 6) is -0.0527. The number of halogens is 1. The van der Waals surface area contributed by atoms with Gasteiger partial charge < -0.3 is 22.3 Å². The van der Waals surface area contributed by atoms with Crippen molar-refractivity contribution in [3.8, 4) is 0 Å². The van der Waals surface area contributed by atoms with Crippen molar-refractivity contribution >= 4 is 41.3 Å². The number of hydrogen-bond donors (Lipinski definition) is 4. The summed E-state index contributed by atoms with van der Waals surface area (Å²) >= 11 is 0. The fraction of sp³-hybridized carbons (Fsp3) is 0.120. The van der Waals surface area contributed by atoms with Crippen molar-refractivity contribution in [1.82, 2.24) is 9.97 Å². The van der Waals surface area contributed by atoms with E-state index in [9.17, 15) is 4.39 Å². The summed E-state index contributed by atoms with van der Waals surface area (Å²) in [5.41, 5.74) is 15.1. The Balaban J connectivity index is 2.27. The van der Waals surface area contributed by atoms with Gasteiger partial charge in [-0.25, -0.2) is 14.4 Å². The van der Waals surface area contributed by atoms with Gasteiger partial charge in [0.1, 0.15) is 17.8 Å². The van der Waals surface area contributed by atoms with E-state index in [4.69, 9.17) is 22.3 Å². The van der Waals surface area contributed by atoms with Crippen LogP contribution < -0.4 is 21.9 Å². The van der Waals surface area contributed by atoms with E-state index in [2.05, 4.69) is 16.5 Å². The second-order valence-electron chi connectivity index (χ2n) is 7.31. The highest BCUT2D eigenvalue weighted by Gasteiger charge is 2.22. The lowest BCUT2D eigenvalue weighted by atomic mass is 9.93. The Bertz CT molecular complexity index is 1290. The van der Waals surface area contributed by atoms with Crippen molar-refractivity contribution in [3.63, 3.8) is 0 Å². The van der Waals surface area contributed by atoms with E-state index >= 15 is 0 Å². The lowest BCUT2D eigenvalue weighted by Gasteiger charge is -2.18. The second kappa shape index (κ2) is 9.78. The summed E-state index contributed by atoms with van der Waals surface area (Å²) in [6.45, 7) is 5.62. The molecule has 2 aromatic heterocycles. The standard InChI is InChI=1S/C25H25FN6/c1-3-6-19-21(11-23(32-25(19)30)20-7-4-5-8-22(20)26)16(12-27)9-15(2)18-10-17(13-28)24(29)31-14-18/h3-14,20,22,27-28H,1H2,2H3,(H2,29,31)(H2,30,32)/b15-9+,19-6-,21-16-,27-12?,28-13?. The molecular weight excluding hydrogens is 403 g/mol. The van der Waals surface area contributed by atoms with Crippen molar-refractivity contribution in [1.29, 1.82) is 10.8 Å². The van der Waals surface area contributed by atoms with E-state index in [0.717, 1.165) is 17.4 Å². The molecule has 2 aromatic rings. The summed E-state index contributed by atoms with van der Waals surface area (Å²) in [7, 11) is 0. The smallest absolute Gasteiger partial charge is 0.132 e. The van der Waals surface area contributed by atoms with Crippen LogP contribution in [0.2, 0.25) is 0 Å². The van der Waals surface area contributed by atoms with Gasteiger partial charge in [0.15, 0.2) is 0 Å². The predicted octanol–water partition coefficient (Wildman–Crippen LogP) is 3.06. The second-order valence-corrected chi connectivity index (χ2v) is 7.31. The molecular formula is C25H25FN6. The fourth-order valence-electron chi connectivity index (χ4n) is 3.48. The monoisotopic (exact) mass is 428 g/mol. The average Bonchev–Trinajstić information content (AvgIpc) is 2.79. The van der Waals surface area contributed by atoms with Gasteiger partial charge in [0.2, 0.25) is 0 Å². The van der Waals surface area contributed by atoms with Gasteiger partial charge in [0.05, 0.1) is 11.6 Å². The molecule has 0 bridgehead atoms. The minimum Gasteiger partial charge on any atom is -0.383 e. The number of nitrogens with one attached hydrogen (secondary N) is 2. The van der Waals surface area contributed by atoms with Crippen LogP contribution in [0.4, 0.5) is 16.0 Å². The highest BCUT2D eigenvalue weighted by atomic mass is 19.1. The molecule has 1 aliphatic carbocycles. The highest BCUT2D eigenvalue weighted by Crippen LogP contribution is 2.25. The van der Waals surface area contributed by atoms with Crippen LogP contribution in [0.5, 0.6) is 0 Å². The highest BCUT2D eigenvalue weighted by molar-refractivity contribution is 6.07. The Morgan fingerprint density at radius 2 is 1.91 bits per heavy atom. The first-order chi connectivity index (χ1) is 15.4. The van der Waals surface area contributed by atoms with E-state index in [1.807, 2.05) is 13.0 Å². The molecule has 0 aliphatic heterocycles. The molecule has 1 aliphatic rings. The Morgan fingerprint density at radius 1 is 1.16 bits per heavy atom. The molecule has 6 N–H and O–H groups in total. The van der Waals surface area contributed by atoms with Gasteiger partial charge >= 0.3 is 0 Å². The number of aromatic nitrogens is 2. The number of allylic oxidation sites excluding steroid dienone is 7. The summed E-state index contributed by atoms with van der Waals surface area (Å²) in [4.78, 5) is 8.56. The van der Waals surface area contributed by atoms with Gasteiger partial charge in [0.25, 0.3) is 0 Å². The maximum Gasteiger partial charge on any atom is 0.132 e. The molecule has 2 heterocycles. The van der Waals surface area contributed by atoms with Crippen molar-refractivity contribution in [2.45, 2.75) is 19.0 Å². The maximum absolute atomic E-state index is 14.5. The molecule has 2 unspecified atom stereocenters. The first-order valence-electron chi connectivity index (χ1n) is 9.97. The lowest BCUT2D eigenvalue weighted by Crippen LogP contribution is -2.33. The molecule has 0 saturated carbocycles. The average molecular weight is 429 g/mol. The van der Waals surface area contributed by atoms with Crippen LogP contribution in [0.15, 0.2) is 61.4 Å². The zero-order valence-corrected chi connectivity index (χ0v) is 17.7. The fourth-order valence-corrected chi connectivity index (χ4v) is 3.48. The molecule has 162 valence electrons. The zero-order chi connectivity index (χ0) is 23.3. The number of nitrogens with two attached hydrogens (primary N) is 2. The Morgan fingerprint density at radius 3 is 2.56 bits per heavy atom. The number of hydrogen-bond acceptors (Lipinski definition) is 6. The van der Waals surface area contributed by atoms with Crippen LogP contribution in [0.3, 0.4) is 0 Å². The van der Waals surface area contributed by atoms with Crippen LogP contribution in [-0.2, 0) is 0 Å². The minimum absolute atomic E-state index is 0.234. The number of nitrogen functional groups attached to an aromatic ring is 2. The van der Waals surface area contributed by atoms with Crippen LogP contribution in [0, 0.1) is 10.8 Å². The third-order valence-corrected chi connectivity index (χ3v) is 5.20. The van der Waals surface area contributed by atoms with Gasteiger partial charge in [-0.15, -0.1) is 0 Å². The SMILES string of the molecule is C=C\C=c1/c(N)nc(C2C=CC=CC2F)c/c1=C(C=N)\C=C(/C)c1cnc(N)c(C=N)c1. The Labute approximate surface area is 185 Å². The van der Waals surface area contributed by atoms with Gasteiger partial charge in [-0.2, -0.15) is 0 Å². The topological polar surface area (TPSA) is 126 Å². The summed E-state index contributed by atoms with van der Waals surface area (Å²) in [6.07, 6.45) is 14.6. The van der Waals surface area contributed by atoms with E-state index in [1.54, 1.807) is 48.7 Å². The third-order valence-electron chi connectivity index (χ3n) is 5.20. The molecule has 0 spiro atoms. The normalized spacial score (nSPS) is 19.6. The van der Waals surface area contributed by atoms with E-state index in [-0.39, 0.29) is 11.6 Å². The molecule has 0 fully saturated rings. The lowest BCUT2D eigenvalue weighted by molar-refractivity contribution is 0.365. The molecule has 0 saturated heterocycles. The van der Waals surface area contributed by atoms with Gasteiger partial charge in [-0.05, 0) is 47.6 Å². The Hall–Kier alpha value is -4.13. The van der Waals surface area contributed by atoms with Crippen LogP contribution in [-0.4, -0.2) is 28.6 Å². The van der Waals surface area contributed by atoms with E-state index in [1.165, 1.54) is 12.3 Å². The van der Waals surface area contributed by atoms with Crippen molar-refractivity contribution in [2.24, 2.45) is 0 Å². The summed E-state index contributed by atoms with van der Waals surface area (Å²) in [6, 6.07) is 3.53. The summed E-state index contributed by atoms with van der Waals surface area (Å²) in [5, 5.41) is 16.8. The molecule has 32 heavy (non-hydrogen) atoms. The Kier molecular flexibility index (Phi) is 6.90. The molecule has 0 radical (unpaired) electrons. The molecule has 3 rings (SSSR count). The number of nitrogens with zero attached hydrogens (tertiary/aromatic N) is 2. The van der Waals surface area contributed by atoms with Crippen molar-refractivity contribution in [2.75, 3.05) is 11.5 Å². The first-order valence-corrected chi connectivity index (χ1v) is 9.97. The zero-order valence-electron chi connectivity index (χ0n) is 17.7. The quantitative estimate of drug-likeness (QED) is 0.528. The molecule has 0 amide bonds. The maximum atomic E-state index is 14.5. The summed E-state index contributed by atoms with van der Waals surface area (Å²) < 4.78 is 14.5. The number of alkyl halides is 1. The number of rotatable bonds is 6. The third kappa shape index (κ3) is 4.62. The van der Waals surface area contributed by atoms with Crippen LogP contribution in [0.1, 0.15) is 29.7 Å². The van der Waals surface area contributed by atoms with Gasteiger partial charge in [0, 0.05) is 35.0 Å². The van der Waals surface area contributed by atoms with Gasteiger partial charge in [-0.1, -0.05) is 37.0 Å². The molecule has 2 atom stereocenters. The predicted molar refractivity (Wildman–Crippen MR) is 131 cm³/mol. The number of anilines is 2. The number of pyridine rings is 2. The molecule has 7 heteroatoms. The largest absolute Gasteiger partial charge is 0.383 e. The van der Waals surface area contributed by atoms with E-state index < -0.39 is 12.1 Å². The van der Waals surface area contributed by atoms with Crippen molar-refractivity contribution in [3.05, 3.63) is 88.6 Å². The van der Waals surface area contributed by atoms with Crippen molar-refractivity contribution < 1.29 is 4.39 Å². The minimum atomic E-state index is -1.21. The van der Waals surface area contributed by atoms with Crippen LogP contribution in [0.25, 0.3) is 17.2 Å². The van der Waals surface area contributed by atoms with Gasteiger partial charge in [-0.3, -0.25) is 0 Å². The first kappa shape index (κ1) is 22.6.